The van der Waals surface area contributed by atoms with Crippen molar-refractivity contribution in [3.05, 3.63) is 0 Å². The Hall–Kier alpha value is -0.570. The van der Waals surface area contributed by atoms with Gasteiger partial charge < -0.3 is 10.2 Å². The molecule has 3 nitrogen and oxygen atoms in total. The van der Waals surface area contributed by atoms with Crippen LogP contribution in [0.15, 0.2) is 0 Å². The van der Waals surface area contributed by atoms with Crippen molar-refractivity contribution < 1.29 is 4.79 Å². The number of hydrogen-bond acceptors (Lipinski definition) is 2. The summed E-state index contributed by atoms with van der Waals surface area (Å²) in [6, 6.07) is 0.252. The highest BCUT2D eigenvalue weighted by atomic mass is 16.2. The molecule has 0 aliphatic rings. The maximum atomic E-state index is 11.9. The lowest BCUT2D eigenvalue weighted by Gasteiger charge is -2.27. The number of nitrogens with zero attached hydrogens (tertiary/aromatic N) is 1. The molecule has 96 valence electrons. The van der Waals surface area contributed by atoms with Crippen LogP contribution in [0.1, 0.15) is 41.0 Å². The van der Waals surface area contributed by atoms with Crippen LogP contribution < -0.4 is 5.32 Å². The molecule has 0 aromatic heterocycles. The summed E-state index contributed by atoms with van der Waals surface area (Å²) < 4.78 is 0. The SMILES string of the molecule is CC(C)CC(CN(C)C)NC(=O)C(C)(C)C. The van der Waals surface area contributed by atoms with E-state index in [1.54, 1.807) is 0 Å². The van der Waals surface area contributed by atoms with Gasteiger partial charge in [-0.15, -0.1) is 0 Å². The van der Waals surface area contributed by atoms with Crippen LogP contribution in [-0.4, -0.2) is 37.5 Å². The van der Waals surface area contributed by atoms with Gasteiger partial charge in [0.15, 0.2) is 0 Å². The molecule has 1 unspecified atom stereocenters. The number of carbonyl (C=O) groups excluding carboxylic acids is 1. The summed E-state index contributed by atoms with van der Waals surface area (Å²) in [6.45, 7) is 11.1. The number of rotatable bonds is 5. The fourth-order valence-corrected chi connectivity index (χ4v) is 1.59. The molecule has 1 N–H and O–H groups in total. The topological polar surface area (TPSA) is 32.3 Å². The molecular weight excluding hydrogens is 200 g/mol. The highest BCUT2D eigenvalue weighted by molar-refractivity contribution is 5.81. The molecule has 1 amide bonds. The summed E-state index contributed by atoms with van der Waals surface area (Å²) in [4.78, 5) is 14.0. The van der Waals surface area contributed by atoms with Crippen LogP contribution in [0.5, 0.6) is 0 Å². The minimum Gasteiger partial charge on any atom is -0.352 e. The maximum Gasteiger partial charge on any atom is 0.225 e. The maximum absolute atomic E-state index is 11.9. The van der Waals surface area contributed by atoms with Gasteiger partial charge in [-0.1, -0.05) is 34.6 Å². The summed E-state index contributed by atoms with van der Waals surface area (Å²) in [6.07, 6.45) is 1.03. The van der Waals surface area contributed by atoms with E-state index in [1.807, 2.05) is 34.9 Å². The van der Waals surface area contributed by atoms with E-state index in [0.717, 1.165) is 13.0 Å². The Morgan fingerprint density at radius 3 is 2.06 bits per heavy atom. The molecule has 0 bridgehead atoms. The first-order valence-corrected chi connectivity index (χ1v) is 6.08. The van der Waals surface area contributed by atoms with Crippen LogP contribution in [0.2, 0.25) is 0 Å². The average Bonchev–Trinajstić information content (AvgIpc) is 1.98. The van der Waals surface area contributed by atoms with E-state index in [-0.39, 0.29) is 17.4 Å². The molecule has 0 rings (SSSR count). The highest BCUT2D eigenvalue weighted by Crippen LogP contribution is 2.14. The molecule has 0 aromatic rings. The molecule has 1 atom stereocenters. The molecule has 0 saturated carbocycles. The van der Waals surface area contributed by atoms with E-state index in [0.29, 0.717) is 5.92 Å². The monoisotopic (exact) mass is 228 g/mol. The van der Waals surface area contributed by atoms with Crippen molar-refractivity contribution in [1.82, 2.24) is 10.2 Å². The number of likely N-dealkylation sites (N-methyl/N-ethyl adjacent to an activating group) is 1. The van der Waals surface area contributed by atoms with Crippen LogP contribution in [0.4, 0.5) is 0 Å². The summed E-state index contributed by atoms with van der Waals surface area (Å²) in [5.74, 6) is 0.741. The highest BCUT2D eigenvalue weighted by Gasteiger charge is 2.24. The molecule has 0 spiro atoms. The summed E-state index contributed by atoms with van der Waals surface area (Å²) in [5, 5.41) is 3.14. The summed E-state index contributed by atoms with van der Waals surface area (Å²) in [7, 11) is 4.08. The quantitative estimate of drug-likeness (QED) is 0.782. The van der Waals surface area contributed by atoms with Crippen LogP contribution >= 0.6 is 0 Å². The number of hydrogen-bond donors (Lipinski definition) is 1. The lowest BCUT2D eigenvalue weighted by atomic mass is 9.94. The smallest absolute Gasteiger partial charge is 0.225 e. The Labute approximate surface area is 101 Å². The standard InChI is InChI=1S/C13H28N2O/c1-10(2)8-11(9-15(6)7)14-12(16)13(3,4)5/h10-11H,8-9H2,1-7H3,(H,14,16). The first-order valence-electron chi connectivity index (χ1n) is 6.08. The first-order chi connectivity index (χ1) is 7.12. The van der Waals surface area contributed by atoms with Crippen molar-refractivity contribution in [3.63, 3.8) is 0 Å². The van der Waals surface area contributed by atoms with E-state index in [2.05, 4.69) is 24.1 Å². The predicted octanol–water partition coefficient (Wildman–Crippen LogP) is 2.12. The zero-order valence-electron chi connectivity index (χ0n) is 11.9. The third-order valence-corrected chi connectivity index (χ3v) is 2.36. The minimum atomic E-state index is -0.304. The van der Waals surface area contributed by atoms with Gasteiger partial charge in [0, 0.05) is 18.0 Å². The molecule has 0 fully saturated rings. The van der Waals surface area contributed by atoms with Crippen LogP contribution in [0.25, 0.3) is 0 Å². The van der Waals surface area contributed by atoms with Gasteiger partial charge in [-0.2, -0.15) is 0 Å². The second-order valence-corrected chi connectivity index (χ2v) is 6.31. The van der Waals surface area contributed by atoms with Gasteiger partial charge in [0.05, 0.1) is 0 Å². The Morgan fingerprint density at radius 2 is 1.75 bits per heavy atom. The normalized spacial score (nSPS) is 14.3. The molecule has 0 aliphatic heterocycles. The lowest BCUT2D eigenvalue weighted by molar-refractivity contribution is -0.129. The fraction of sp³-hybridized carbons (Fsp3) is 0.923. The summed E-state index contributed by atoms with van der Waals surface area (Å²) >= 11 is 0. The van der Waals surface area contributed by atoms with E-state index in [1.165, 1.54) is 0 Å². The zero-order valence-corrected chi connectivity index (χ0v) is 11.9. The van der Waals surface area contributed by atoms with Gasteiger partial charge >= 0.3 is 0 Å². The Morgan fingerprint density at radius 1 is 1.25 bits per heavy atom. The van der Waals surface area contributed by atoms with Gasteiger partial charge in [-0.3, -0.25) is 4.79 Å². The van der Waals surface area contributed by atoms with Gasteiger partial charge in [0.2, 0.25) is 5.91 Å². The van der Waals surface area contributed by atoms with Crippen molar-refractivity contribution in [1.29, 1.82) is 0 Å². The van der Waals surface area contributed by atoms with Crippen molar-refractivity contribution in [2.45, 2.75) is 47.1 Å². The number of carbonyl (C=O) groups is 1. The van der Waals surface area contributed by atoms with Crippen molar-refractivity contribution in [2.75, 3.05) is 20.6 Å². The Kier molecular flexibility index (Phi) is 6.01. The average molecular weight is 228 g/mol. The number of nitrogens with one attached hydrogen (secondary N) is 1. The van der Waals surface area contributed by atoms with Crippen LogP contribution in [0, 0.1) is 11.3 Å². The zero-order chi connectivity index (χ0) is 12.9. The van der Waals surface area contributed by atoms with Gasteiger partial charge in [-0.25, -0.2) is 0 Å². The van der Waals surface area contributed by atoms with Crippen molar-refractivity contribution in [2.24, 2.45) is 11.3 Å². The van der Waals surface area contributed by atoms with E-state index >= 15 is 0 Å². The molecule has 0 heterocycles. The fourth-order valence-electron chi connectivity index (χ4n) is 1.59. The van der Waals surface area contributed by atoms with E-state index < -0.39 is 0 Å². The molecule has 0 aliphatic carbocycles. The molecule has 16 heavy (non-hydrogen) atoms. The van der Waals surface area contributed by atoms with Gasteiger partial charge in [-0.05, 0) is 26.4 Å². The van der Waals surface area contributed by atoms with Gasteiger partial charge in [0.1, 0.15) is 0 Å². The van der Waals surface area contributed by atoms with Crippen molar-refractivity contribution in [3.8, 4) is 0 Å². The lowest BCUT2D eigenvalue weighted by Crippen LogP contribution is -2.46. The third kappa shape index (κ3) is 6.83. The largest absolute Gasteiger partial charge is 0.352 e. The first kappa shape index (κ1) is 15.4. The van der Waals surface area contributed by atoms with Crippen molar-refractivity contribution >= 4 is 5.91 Å². The molecule has 0 saturated heterocycles. The van der Waals surface area contributed by atoms with Crippen LogP contribution in [0.3, 0.4) is 0 Å². The van der Waals surface area contributed by atoms with E-state index in [9.17, 15) is 4.79 Å². The third-order valence-electron chi connectivity index (χ3n) is 2.36. The number of amides is 1. The summed E-state index contributed by atoms with van der Waals surface area (Å²) in [5.41, 5.74) is -0.304. The Bertz CT molecular complexity index is 206. The molecule has 0 radical (unpaired) electrons. The molecule has 3 heteroatoms. The molecular formula is C13H28N2O. The van der Waals surface area contributed by atoms with Crippen LogP contribution in [-0.2, 0) is 4.79 Å². The van der Waals surface area contributed by atoms with E-state index in [4.69, 9.17) is 0 Å². The second-order valence-electron chi connectivity index (χ2n) is 6.31. The Balaban J connectivity index is 4.36. The van der Waals surface area contributed by atoms with Gasteiger partial charge in [0.25, 0.3) is 0 Å². The predicted molar refractivity (Wildman–Crippen MR) is 69.4 cm³/mol. The molecule has 0 aromatic carbocycles. The second kappa shape index (κ2) is 6.24. The minimum absolute atomic E-state index is 0.139.